The SMILES string of the molecule is Cc1cc(C)c(C)c(Oc2cc(CN)cc(C(C)C)n2)c1. The quantitative estimate of drug-likeness (QED) is 0.906. The lowest BCUT2D eigenvalue weighted by Crippen LogP contribution is -2.03. The highest BCUT2D eigenvalue weighted by molar-refractivity contribution is 5.44. The number of aryl methyl sites for hydroxylation is 2. The summed E-state index contributed by atoms with van der Waals surface area (Å²) in [5, 5.41) is 0. The maximum absolute atomic E-state index is 6.04. The number of hydrogen-bond acceptors (Lipinski definition) is 3. The first-order chi connectivity index (χ1) is 9.90. The zero-order valence-electron chi connectivity index (χ0n) is 13.5. The van der Waals surface area contributed by atoms with Gasteiger partial charge in [-0.1, -0.05) is 19.9 Å². The summed E-state index contributed by atoms with van der Waals surface area (Å²) in [6, 6.07) is 8.18. The Kier molecular flexibility index (Phi) is 4.63. The Bertz CT molecular complexity index is 648. The van der Waals surface area contributed by atoms with Crippen molar-refractivity contribution in [2.75, 3.05) is 0 Å². The van der Waals surface area contributed by atoms with Crippen LogP contribution in [0.4, 0.5) is 0 Å². The topological polar surface area (TPSA) is 48.1 Å². The Morgan fingerprint density at radius 1 is 1.10 bits per heavy atom. The van der Waals surface area contributed by atoms with Gasteiger partial charge in [-0.05, 0) is 61.1 Å². The Labute approximate surface area is 127 Å². The summed E-state index contributed by atoms with van der Waals surface area (Å²) in [6.07, 6.45) is 0. The fourth-order valence-electron chi connectivity index (χ4n) is 2.27. The monoisotopic (exact) mass is 284 g/mol. The number of aromatic nitrogens is 1. The van der Waals surface area contributed by atoms with Crippen LogP contribution in [0.5, 0.6) is 11.6 Å². The lowest BCUT2D eigenvalue weighted by molar-refractivity contribution is 0.454. The average Bonchev–Trinajstić information content (AvgIpc) is 2.43. The van der Waals surface area contributed by atoms with E-state index in [1.54, 1.807) is 0 Å². The lowest BCUT2D eigenvalue weighted by atomic mass is 10.1. The summed E-state index contributed by atoms with van der Waals surface area (Å²) in [7, 11) is 0. The van der Waals surface area contributed by atoms with E-state index in [-0.39, 0.29) is 0 Å². The van der Waals surface area contributed by atoms with Crippen LogP contribution in [0.1, 0.15) is 47.7 Å². The van der Waals surface area contributed by atoms with Crippen LogP contribution in [-0.2, 0) is 6.54 Å². The number of nitrogens with two attached hydrogens (primary N) is 1. The van der Waals surface area contributed by atoms with Gasteiger partial charge >= 0.3 is 0 Å². The second kappa shape index (κ2) is 6.27. The number of benzene rings is 1. The van der Waals surface area contributed by atoms with Crippen molar-refractivity contribution >= 4 is 0 Å². The third kappa shape index (κ3) is 3.61. The Balaban J connectivity index is 2.41. The molecule has 0 spiro atoms. The van der Waals surface area contributed by atoms with Crippen molar-refractivity contribution in [1.29, 1.82) is 0 Å². The summed E-state index contributed by atoms with van der Waals surface area (Å²) in [6.45, 7) is 11.0. The van der Waals surface area contributed by atoms with Gasteiger partial charge < -0.3 is 10.5 Å². The molecule has 21 heavy (non-hydrogen) atoms. The fourth-order valence-corrected chi connectivity index (χ4v) is 2.27. The zero-order valence-corrected chi connectivity index (χ0v) is 13.5. The van der Waals surface area contributed by atoms with E-state index >= 15 is 0 Å². The molecule has 2 aromatic rings. The summed E-state index contributed by atoms with van der Waals surface area (Å²) < 4.78 is 6.04. The molecule has 0 unspecified atom stereocenters. The van der Waals surface area contributed by atoms with Gasteiger partial charge in [0.15, 0.2) is 0 Å². The third-order valence-corrected chi connectivity index (χ3v) is 3.69. The molecular weight excluding hydrogens is 260 g/mol. The Morgan fingerprint density at radius 3 is 2.43 bits per heavy atom. The molecule has 2 N–H and O–H groups in total. The second-order valence-electron chi connectivity index (χ2n) is 5.90. The van der Waals surface area contributed by atoms with Crippen molar-refractivity contribution in [3.05, 3.63) is 52.2 Å². The standard InChI is InChI=1S/C18H24N2O/c1-11(2)16-8-15(10-19)9-18(20-16)21-17-7-12(3)6-13(4)14(17)5/h6-9,11H,10,19H2,1-5H3. The van der Waals surface area contributed by atoms with Gasteiger partial charge in [0.25, 0.3) is 0 Å². The van der Waals surface area contributed by atoms with Crippen molar-refractivity contribution in [2.24, 2.45) is 5.73 Å². The van der Waals surface area contributed by atoms with E-state index in [1.807, 2.05) is 18.2 Å². The van der Waals surface area contributed by atoms with Crippen LogP contribution in [0.15, 0.2) is 24.3 Å². The molecule has 0 radical (unpaired) electrons. The van der Waals surface area contributed by atoms with Gasteiger partial charge in [0.1, 0.15) is 5.75 Å². The fraction of sp³-hybridized carbons (Fsp3) is 0.389. The molecule has 1 heterocycles. The molecule has 0 aliphatic heterocycles. The number of pyridine rings is 1. The molecular formula is C18H24N2O. The van der Waals surface area contributed by atoms with Gasteiger partial charge in [0.05, 0.1) is 0 Å². The molecule has 0 aliphatic carbocycles. The predicted molar refractivity (Wildman–Crippen MR) is 86.9 cm³/mol. The van der Waals surface area contributed by atoms with Gasteiger partial charge in [-0.3, -0.25) is 0 Å². The Hall–Kier alpha value is -1.87. The molecule has 0 atom stereocenters. The van der Waals surface area contributed by atoms with Crippen LogP contribution in [0, 0.1) is 20.8 Å². The van der Waals surface area contributed by atoms with E-state index < -0.39 is 0 Å². The first kappa shape index (κ1) is 15.5. The first-order valence-electron chi connectivity index (χ1n) is 7.37. The molecule has 2 rings (SSSR count). The lowest BCUT2D eigenvalue weighted by Gasteiger charge is -2.14. The Morgan fingerprint density at radius 2 is 1.81 bits per heavy atom. The summed E-state index contributed by atoms with van der Waals surface area (Å²) in [5.74, 6) is 1.83. The minimum absolute atomic E-state index is 0.346. The van der Waals surface area contributed by atoms with Gasteiger partial charge in [-0.15, -0.1) is 0 Å². The van der Waals surface area contributed by atoms with E-state index in [0.29, 0.717) is 18.3 Å². The second-order valence-corrected chi connectivity index (χ2v) is 5.90. The number of rotatable bonds is 4. The highest BCUT2D eigenvalue weighted by Gasteiger charge is 2.10. The maximum atomic E-state index is 6.04. The average molecular weight is 284 g/mol. The molecule has 0 bridgehead atoms. The smallest absolute Gasteiger partial charge is 0.219 e. The van der Waals surface area contributed by atoms with Crippen LogP contribution < -0.4 is 10.5 Å². The van der Waals surface area contributed by atoms with Gasteiger partial charge in [0.2, 0.25) is 5.88 Å². The molecule has 0 saturated carbocycles. The molecule has 112 valence electrons. The molecule has 0 fully saturated rings. The summed E-state index contributed by atoms with van der Waals surface area (Å²) in [5.41, 5.74) is 11.4. The van der Waals surface area contributed by atoms with Crippen molar-refractivity contribution in [2.45, 2.75) is 47.1 Å². The first-order valence-corrected chi connectivity index (χ1v) is 7.37. The molecule has 0 aliphatic rings. The largest absolute Gasteiger partial charge is 0.439 e. The van der Waals surface area contributed by atoms with E-state index in [2.05, 4.69) is 45.7 Å². The molecule has 1 aromatic carbocycles. The predicted octanol–water partition coefficient (Wildman–Crippen LogP) is 4.38. The van der Waals surface area contributed by atoms with Crippen molar-refractivity contribution in [3.8, 4) is 11.6 Å². The van der Waals surface area contributed by atoms with Crippen LogP contribution in [0.3, 0.4) is 0 Å². The van der Waals surface area contributed by atoms with Crippen LogP contribution in [0.25, 0.3) is 0 Å². The number of nitrogens with zero attached hydrogens (tertiary/aromatic N) is 1. The molecule has 3 nitrogen and oxygen atoms in total. The summed E-state index contributed by atoms with van der Waals surface area (Å²) in [4.78, 5) is 4.60. The normalized spacial score (nSPS) is 11.0. The number of ether oxygens (including phenoxy) is 1. The molecule has 0 saturated heterocycles. The van der Waals surface area contributed by atoms with Crippen molar-refractivity contribution in [3.63, 3.8) is 0 Å². The van der Waals surface area contributed by atoms with Gasteiger partial charge in [-0.2, -0.15) is 0 Å². The minimum Gasteiger partial charge on any atom is -0.439 e. The van der Waals surface area contributed by atoms with E-state index in [0.717, 1.165) is 22.6 Å². The number of hydrogen-bond donors (Lipinski definition) is 1. The molecule has 1 aromatic heterocycles. The zero-order chi connectivity index (χ0) is 15.6. The maximum Gasteiger partial charge on any atom is 0.219 e. The molecule has 3 heteroatoms. The van der Waals surface area contributed by atoms with Gasteiger partial charge in [-0.25, -0.2) is 4.98 Å². The minimum atomic E-state index is 0.346. The van der Waals surface area contributed by atoms with Crippen molar-refractivity contribution < 1.29 is 4.74 Å². The van der Waals surface area contributed by atoms with E-state index in [1.165, 1.54) is 11.1 Å². The third-order valence-electron chi connectivity index (χ3n) is 3.69. The van der Waals surface area contributed by atoms with Crippen molar-refractivity contribution in [1.82, 2.24) is 4.98 Å². The van der Waals surface area contributed by atoms with Crippen LogP contribution in [0.2, 0.25) is 0 Å². The van der Waals surface area contributed by atoms with Crippen LogP contribution in [-0.4, -0.2) is 4.98 Å². The molecule has 0 amide bonds. The van der Waals surface area contributed by atoms with E-state index in [9.17, 15) is 0 Å². The van der Waals surface area contributed by atoms with E-state index in [4.69, 9.17) is 10.5 Å². The highest BCUT2D eigenvalue weighted by Crippen LogP contribution is 2.29. The summed E-state index contributed by atoms with van der Waals surface area (Å²) >= 11 is 0. The van der Waals surface area contributed by atoms with Gasteiger partial charge in [0, 0.05) is 18.3 Å². The van der Waals surface area contributed by atoms with Crippen LogP contribution >= 0.6 is 0 Å². The highest BCUT2D eigenvalue weighted by atomic mass is 16.5.